The van der Waals surface area contributed by atoms with E-state index in [1.165, 1.54) is 14.2 Å². The average Bonchev–Trinajstić information content (AvgIpc) is 3.43. The lowest BCUT2D eigenvalue weighted by atomic mass is 10.0. The molecule has 3 rings (SSSR count). The number of methoxy groups -OCH3 is 2. The summed E-state index contributed by atoms with van der Waals surface area (Å²) in [7, 11) is 3.05. The smallest absolute Gasteiger partial charge is 0.305 e. The van der Waals surface area contributed by atoms with Crippen LogP contribution in [0.5, 0.6) is 11.5 Å². The van der Waals surface area contributed by atoms with E-state index < -0.39 is 12.0 Å². The van der Waals surface area contributed by atoms with Gasteiger partial charge in [0, 0.05) is 12.1 Å². The van der Waals surface area contributed by atoms with Gasteiger partial charge >= 0.3 is 5.97 Å². The van der Waals surface area contributed by atoms with Crippen LogP contribution in [0.4, 0.5) is 0 Å². The van der Waals surface area contributed by atoms with Crippen molar-refractivity contribution in [3.8, 4) is 22.9 Å². The van der Waals surface area contributed by atoms with Gasteiger partial charge in [-0.2, -0.15) is 5.21 Å². The van der Waals surface area contributed by atoms with Gasteiger partial charge in [0.25, 0.3) is 0 Å². The molecular weight excluding hydrogens is 504 g/mol. The second-order valence-corrected chi connectivity index (χ2v) is 8.95. The number of nitrogens with two attached hydrogens (primary N) is 2. The van der Waals surface area contributed by atoms with Gasteiger partial charge in [-0.15, -0.1) is 10.2 Å². The number of nitrogens with one attached hydrogen (secondary N) is 2. The first kappa shape index (κ1) is 30.7. The fraction of sp³-hybridized carbons (Fsp3) is 0.385. The van der Waals surface area contributed by atoms with Crippen molar-refractivity contribution >= 4 is 17.8 Å². The Bertz CT molecular complexity index is 1230. The minimum absolute atomic E-state index is 0.0738. The molecule has 0 bridgehead atoms. The zero-order chi connectivity index (χ0) is 28.8. The van der Waals surface area contributed by atoms with E-state index in [2.05, 4.69) is 30.9 Å². The number of carboxylic acids is 1. The maximum Gasteiger partial charge on any atom is 0.305 e. The summed E-state index contributed by atoms with van der Waals surface area (Å²) in [6.45, 7) is 4.46. The molecule has 0 radical (unpaired) electrons. The highest BCUT2D eigenvalue weighted by molar-refractivity contribution is 5.97. The number of hydrogen-bond donors (Lipinski definition) is 5. The maximum atomic E-state index is 12.1. The summed E-state index contributed by atoms with van der Waals surface area (Å²) < 4.78 is 10.4. The van der Waals surface area contributed by atoms with Crippen LogP contribution < -0.4 is 26.3 Å². The molecule has 1 amide bonds. The Morgan fingerprint density at radius 3 is 2.44 bits per heavy atom. The number of ether oxygens (including phenoxy) is 2. The third-order valence-electron chi connectivity index (χ3n) is 5.32. The predicted molar refractivity (Wildman–Crippen MR) is 146 cm³/mol. The number of H-pyrrole nitrogens is 1. The number of carbonyl (C=O) groups is 2. The highest BCUT2D eigenvalue weighted by Crippen LogP contribution is 2.27. The molecule has 0 saturated carbocycles. The zero-order valence-corrected chi connectivity index (χ0v) is 22.5. The van der Waals surface area contributed by atoms with E-state index in [1.807, 2.05) is 38.1 Å². The van der Waals surface area contributed by atoms with Crippen LogP contribution in [-0.4, -0.2) is 63.8 Å². The van der Waals surface area contributed by atoms with E-state index >= 15 is 0 Å². The molecule has 1 atom stereocenters. The summed E-state index contributed by atoms with van der Waals surface area (Å²) in [6.07, 6.45) is 0.507. The Morgan fingerprint density at radius 1 is 1.10 bits per heavy atom. The summed E-state index contributed by atoms with van der Waals surface area (Å²) in [4.78, 5) is 27.2. The van der Waals surface area contributed by atoms with Gasteiger partial charge < -0.3 is 26.0 Å². The highest BCUT2D eigenvalue weighted by Gasteiger charge is 2.16. The first-order chi connectivity index (χ1) is 18.6. The number of rotatable bonds is 11. The molecule has 0 spiro atoms. The minimum Gasteiger partial charge on any atom is -0.493 e. The van der Waals surface area contributed by atoms with Crippen molar-refractivity contribution < 1.29 is 24.2 Å². The van der Waals surface area contributed by atoms with Gasteiger partial charge in [0.05, 0.1) is 33.1 Å². The molecule has 0 fully saturated rings. The lowest BCUT2D eigenvalue weighted by Gasteiger charge is -2.14. The molecule has 0 aliphatic heterocycles. The van der Waals surface area contributed by atoms with Crippen molar-refractivity contribution in [1.82, 2.24) is 25.9 Å². The normalized spacial score (nSPS) is 11.8. The van der Waals surface area contributed by atoms with Gasteiger partial charge in [-0.05, 0) is 46.9 Å². The maximum absolute atomic E-state index is 12.1. The number of tetrazole rings is 1. The monoisotopic (exact) mass is 540 g/mol. The van der Waals surface area contributed by atoms with Gasteiger partial charge in [0.15, 0.2) is 17.5 Å². The number of aliphatic carboxylic acids is 1. The standard InChI is InChI=1S/C18H27N3O5.C8H9N5/c1-11(2)7-13(10-17(23)24)20-18(19)21-16(22)9-12-5-6-14(25-3)15(8-12)26-4;9-5-6-2-1-3-7(4-6)8-10-12-13-11-8/h5-6,8,11,13H,7,9-10H2,1-4H3,(H,23,24)(H3,19,20,21,22);1-4H,5,9H2,(H,10,11,12,13)/t13-;/m1./s1. The summed E-state index contributed by atoms with van der Waals surface area (Å²) in [5.74, 6) is 0.567. The fourth-order valence-electron chi connectivity index (χ4n) is 3.64. The number of nitrogens with zero attached hydrogens (tertiary/aromatic N) is 4. The summed E-state index contributed by atoms with van der Waals surface area (Å²) in [5, 5.41) is 25.1. The third kappa shape index (κ3) is 10.8. The molecule has 210 valence electrons. The van der Waals surface area contributed by atoms with Crippen LogP contribution in [0.15, 0.2) is 47.5 Å². The van der Waals surface area contributed by atoms with Crippen LogP contribution >= 0.6 is 0 Å². The van der Waals surface area contributed by atoms with Crippen LogP contribution in [0.25, 0.3) is 11.4 Å². The molecule has 13 nitrogen and oxygen atoms in total. The fourth-order valence-corrected chi connectivity index (χ4v) is 3.64. The number of aromatic nitrogens is 4. The highest BCUT2D eigenvalue weighted by atomic mass is 16.5. The van der Waals surface area contributed by atoms with Gasteiger partial charge in [0.1, 0.15) is 0 Å². The number of amides is 1. The van der Waals surface area contributed by atoms with Crippen LogP contribution in [-0.2, 0) is 22.6 Å². The summed E-state index contributed by atoms with van der Waals surface area (Å²) in [5.41, 5.74) is 14.0. The molecule has 39 heavy (non-hydrogen) atoms. The number of benzene rings is 2. The SMILES string of the molecule is COc1ccc(CC(=O)NC(N)=N[C@@H](CC(=O)O)CC(C)C)cc1OC.NCc1cccc(-c2nn[nH]n2)c1. The van der Waals surface area contributed by atoms with Crippen LogP contribution in [0, 0.1) is 5.92 Å². The van der Waals surface area contributed by atoms with Gasteiger partial charge in [-0.1, -0.05) is 38.1 Å². The number of aromatic amines is 1. The topological polar surface area (TPSA) is 204 Å². The van der Waals surface area contributed by atoms with Crippen LogP contribution in [0.3, 0.4) is 0 Å². The van der Waals surface area contributed by atoms with Crippen molar-refractivity contribution in [2.24, 2.45) is 22.4 Å². The molecule has 3 aromatic rings. The second kappa shape index (κ2) is 15.7. The zero-order valence-electron chi connectivity index (χ0n) is 22.5. The van der Waals surface area contributed by atoms with E-state index in [0.29, 0.717) is 30.3 Å². The predicted octanol–water partition coefficient (Wildman–Crippen LogP) is 1.89. The van der Waals surface area contributed by atoms with Gasteiger partial charge in [-0.25, -0.2) is 4.99 Å². The van der Waals surface area contributed by atoms with Crippen molar-refractivity contribution in [2.75, 3.05) is 14.2 Å². The Balaban J connectivity index is 0.000000338. The van der Waals surface area contributed by atoms with Crippen LogP contribution in [0.1, 0.15) is 37.8 Å². The Morgan fingerprint density at radius 2 is 1.85 bits per heavy atom. The first-order valence-corrected chi connectivity index (χ1v) is 12.2. The van der Waals surface area contributed by atoms with E-state index in [0.717, 1.165) is 16.7 Å². The van der Waals surface area contributed by atoms with Crippen molar-refractivity contribution in [2.45, 2.75) is 45.7 Å². The largest absolute Gasteiger partial charge is 0.493 e. The van der Waals surface area contributed by atoms with E-state index in [4.69, 9.17) is 26.0 Å². The quantitative estimate of drug-likeness (QED) is 0.176. The Hall–Kier alpha value is -4.52. The van der Waals surface area contributed by atoms with Crippen LogP contribution in [0.2, 0.25) is 0 Å². The number of guanidine groups is 1. The second-order valence-electron chi connectivity index (χ2n) is 8.95. The van der Waals surface area contributed by atoms with Crippen molar-refractivity contribution in [1.29, 1.82) is 0 Å². The third-order valence-corrected chi connectivity index (χ3v) is 5.32. The van der Waals surface area contributed by atoms with Gasteiger partial charge in [-0.3, -0.25) is 14.9 Å². The minimum atomic E-state index is -0.955. The number of carboxylic acid groups (broad SMARTS) is 1. The van der Waals surface area contributed by atoms with E-state index in [9.17, 15) is 9.59 Å². The molecule has 1 aromatic heterocycles. The molecule has 0 aliphatic rings. The lowest BCUT2D eigenvalue weighted by Crippen LogP contribution is -2.39. The van der Waals surface area contributed by atoms with E-state index in [1.54, 1.807) is 18.2 Å². The molecular formula is C26H36N8O5. The lowest BCUT2D eigenvalue weighted by molar-refractivity contribution is -0.137. The number of aliphatic imine (C=N–C) groups is 1. The molecule has 7 N–H and O–H groups in total. The Labute approximate surface area is 227 Å². The average molecular weight is 541 g/mol. The van der Waals surface area contributed by atoms with Crippen molar-refractivity contribution in [3.63, 3.8) is 0 Å². The molecule has 1 heterocycles. The molecule has 2 aromatic carbocycles. The van der Waals surface area contributed by atoms with Crippen molar-refractivity contribution in [3.05, 3.63) is 53.6 Å². The van der Waals surface area contributed by atoms with Gasteiger partial charge in [0.2, 0.25) is 11.7 Å². The summed E-state index contributed by atoms with van der Waals surface area (Å²) >= 11 is 0. The molecule has 0 saturated heterocycles. The number of hydrogen-bond acceptors (Lipinski definition) is 9. The summed E-state index contributed by atoms with van der Waals surface area (Å²) in [6, 6.07) is 12.4. The Kier molecular flexibility index (Phi) is 12.3. The van der Waals surface area contributed by atoms with E-state index in [-0.39, 0.29) is 30.6 Å². The number of carbonyl (C=O) groups excluding carboxylic acids is 1. The first-order valence-electron chi connectivity index (χ1n) is 12.2. The molecule has 0 aliphatic carbocycles. The molecule has 13 heteroatoms. The molecule has 0 unspecified atom stereocenters.